The fourth-order valence-corrected chi connectivity index (χ4v) is 3.87. The minimum atomic E-state index is -1.81. The van der Waals surface area contributed by atoms with Gasteiger partial charge in [-0.25, -0.2) is 4.98 Å². The van der Waals surface area contributed by atoms with Crippen molar-refractivity contribution in [2.24, 2.45) is 12.8 Å². The number of pyridine rings is 1. The van der Waals surface area contributed by atoms with Crippen molar-refractivity contribution in [1.82, 2.24) is 19.1 Å². The number of rotatable bonds is 5. The molecule has 10 nitrogen and oxygen atoms in total. The van der Waals surface area contributed by atoms with Crippen molar-refractivity contribution in [3.63, 3.8) is 0 Å². The minimum absolute atomic E-state index is 0.00623. The van der Waals surface area contributed by atoms with Gasteiger partial charge in [-0.2, -0.15) is 18.2 Å². The van der Waals surface area contributed by atoms with Gasteiger partial charge in [0.2, 0.25) is 17.7 Å². The van der Waals surface area contributed by atoms with Crippen LogP contribution in [0, 0.1) is 17.7 Å². The molecule has 0 fully saturated rings. The number of nitrogens with two attached hydrogens (primary N) is 1. The number of nitrogens with zero attached hydrogens (tertiary/aromatic N) is 4. The second kappa shape index (κ2) is 9.17. The predicted molar refractivity (Wildman–Crippen MR) is 123 cm³/mol. The molecule has 4 N–H and O–H groups in total. The molecule has 1 aromatic carbocycles. The van der Waals surface area contributed by atoms with Gasteiger partial charge in [0.1, 0.15) is 28.7 Å². The standard InChI is InChI=1S/C21H13Cl2F3N6O4/c1-31-6-28-20-12(21(31)36)9(7-2-8(19(27)35)16(34)10(22)3-7)4-32(20)5-11(33)29-15-13(23)17(25)30-18(26)14(15)24/h2-4,6,34H,5H2,1H3,(H2,27,35)(H,29,30,33). The van der Waals surface area contributed by atoms with Crippen LogP contribution in [0.1, 0.15) is 10.4 Å². The van der Waals surface area contributed by atoms with E-state index in [1.165, 1.54) is 36.3 Å². The number of fused-ring (bicyclic) bond motifs is 1. The van der Waals surface area contributed by atoms with Gasteiger partial charge in [-0.15, -0.1) is 0 Å². The topological polar surface area (TPSA) is 145 Å². The van der Waals surface area contributed by atoms with E-state index in [1.54, 1.807) is 0 Å². The fourth-order valence-electron chi connectivity index (χ4n) is 3.48. The molecule has 2 amide bonds. The first-order valence-corrected chi connectivity index (χ1v) is 10.5. The van der Waals surface area contributed by atoms with Gasteiger partial charge in [0.25, 0.3) is 17.4 Å². The molecule has 0 unspecified atom stereocenters. The predicted octanol–water partition coefficient (Wildman–Crippen LogP) is 2.96. The van der Waals surface area contributed by atoms with Crippen LogP contribution in [0.4, 0.5) is 18.9 Å². The number of anilines is 1. The van der Waals surface area contributed by atoms with Gasteiger partial charge < -0.3 is 25.3 Å². The lowest BCUT2D eigenvalue weighted by Crippen LogP contribution is -2.21. The molecule has 0 aliphatic rings. The Labute approximate surface area is 208 Å². The number of hydrogen-bond donors (Lipinski definition) is 3. The number of hydrogen-bond acceptors (Lipinski definition) is 6. The van der Waals surface area contributed by atoms with E-state index in [0.29, 0.717) is 0 Å². The monoisotopic (exact) mass is 540 g/mol. The minimum Gasteiger partial charge on any atom is -0.506 e. The molecular weight excluding hydrogens is 528 g/mol. The second-order valence-corrected chi connectivity index (χ2v) is 8.28. The van der Waals surface area contributed by atoms with E-state index in [9.17, 15) is 32.7 Å². The number of aryl methyl sites for hydroxylation is 1. The van der Waals surface area contributed by atoms with Gasteiger partial charge in [-0.1, -0.05) is 23.2 Å². The average Bonchev–Trinajstić information content (AvgIpc) is 3.18. The Morgan fingerprint density at radius 3 is 2.56 bits per heavy atom. The summed E-state index contributed by atoms with van der Waals surface area (Å²) in [5.74, 6) is -7.52. The summed E-state index contributed by atoms with van der Waals surface area (Å²) < 4.78 is 43.5. The van der Waals surface area contributed by atoms with Gasteiger partial charge in [0.05, 0.1) is 22.3 Å². The van der Waals surface area contributed by atoms with Gasteiger partial charge in [0, 0.05) is 18.8 Å². The molecule has 186 valence electrons. The molecule has 4 aromatic rings. The van der Waals surface area contributed by atoms with E-state index in [4.69, 9.17) is 28.9 Å². The highest BCUT2D eigenvalue weighted by molar-refractivity contribution is 6.34. The van der Waals surface area contributed by atoms with Crippen molar-refractivity contribution < 1.29 is 27.9 Å². The van der Waals surface area contributed by atoms with Crippen molar-refractivity contribution >= 4 is 51.7 Å². The van der Waals surface area contributed by atoms with Crippen LogP contribution < -0.4 is 16.6 Å². The Morgan fingerprint density at radius 2 is 1.89 bits per heavy atom. The third-order valence-corrected chi connectivity index (χ3v) is 5.79. The normalized spacial score (nSPS) is 11.2. The largest absolute Gasteiger partial charge is 0.506 e. The van der Waals surface area contributed by atoms with Crippen molar-refractivity contribution in [2.75, 3.05) is 5.32 Å². The number of nitrogens with one attached hydrogen (secondary N) is 1. The van der Waals surface area contributed by atoms with Crippen LogP contribution in [0.3, 0.4) is 0 Å². The maximum Gasteiger partial charge on any atom is 0.263 e. The molecule has 0 bridgehead atoms. The summed E-state index contributed by atoms with van der Waals surface area (Å²) in [5, 5.41) is 10.8. The molecule has 0 saturated heterocycles. The number of carbonyl (C=O) groups is 2. The van der Waals surface area contributed by atoms with E-state index in [2.05, 4.69) is 9.97 Å². The maximum atomic E-state index is 14.1. The molecule has 3 aromatic heterocycles. The van der Waals surface area contributed by atoms with Crippen molar-refractivity contribution in [1.29, 1.82) is 0 Å². The Kier molecular flexibility index (Phi) is 6.37. The zero-order chi connectivity index (χ0) is 26.5. The van der Waals surface area contributed by atoms with E-state index >= 15 is 0 Å². The highest BCUT2D eigenvalue weighted by Gasteiger charge is 2.23. The Hall–Kier alpha value is -4.10. The smallest absolute Gasteiger partial charge is 0.263 e. The number of aromatic hydroxyl groups is 1. The molecule has 36 heavy (non-hydrogen) atoms. The van der Waals surface area contributed by atoms with Crippen LogP contribution in [0.25, 0.3) is 22.2 Å². The first-order valence-electron chi connectivity index (χ1n) is 9.77. The second-order valence-electron chi connectivity index (χ2n) is 7.49. The van der Waals surface area contributed by atoms with E-state index in [1.807, 2.05) is 5.32 Å². The van der Waals surface area contributed by atoms with Crippen molar-refractivity contribution in [2.45, 2.75) is 6.54 Å². The number of aromatic nitrogens is 4. The Bertz CT molecular complexity index is 1630. The van der Waals surface area contributed by atoms with Gasteiger partial charge in [0.15, 0.2) is 0 Å². The van der Waals surface area contributed by atoms with Gasteiger partial charge >= 0.3 is 0 Å². The lowest BCUT2D eigenvalue weighted by Gasteiger charge is -2.10. The summed E-state index contributed by atoms with van der Waals surface area (Å²) in [6.07, 6.45) is 2.50. The molecule has 0 aliphatic carbocycles. The van der Waals surface area contributed by atoms with Crippen molar-refractivity contribution in [3.05, 3.63) is 68.3 Å². The van der Waals surface area contributed by atoms with Gasteiger partial charge in [-0.05, 0) is 17.7 Å². The summed E-state index contributed by atoms with van der Waals surface area (Å²) in [5.41, 5.74) is 3.85. The molecule has 3 heterocycles. The zero-order valence-electron chi connectivity index (χ0n) is 17.9. The van der Waals surface area contributed by atoms with Crippen LogP contribution in [0.2, 0.25) is 10.0 Å². The zero-order valence-corrected chi connectivity index (χ0v) is 19.5. The molecule has 0 aliphatic heterocycles. The summed E-state index contributed by atoms with van der Waals surface area (Å²) in [4.78, 5) is 44.1. The Balaban J connectivity index is 1.83. The lowest BCUT2D eigenvalue weighted by atomic mass is 10.0. The number of halogens is 5. The summed E-state index contributed by atoms with van der Waals surface area (Å²) >= 11 is 11.6. The van der Waals surface area contributed by atoms with Crippen LogP contribution in [-0.4, -0.2) is 36.0 Å². The van der Waals surface area contributed by atoms with Gasteiger partial charge in [-0.3, -0.25) is 14.4 Å². The van der Waals surface area contributed by atoms with Crippen LogP contribution in [-0.2, 0) is 18.4 Å². The molecule has 4 rings (SSSR count). The number of primary amides is 1. The summed E-state index contributed by atoms with van der Waals surface area (Å²) in [6, 6.07) is 2.47. The SMILES string of the molecule is Cn1cnc2c(c(-c3cc(Cl)c(O)c(C(N)=O)c3)cn2CC(=O)Nc2c(F)c(F)nc(F)c2Cl)c1=O. The van der Waals surface area contributed by atoms with Crippen LogP contribution in [0.5, 0.6) is 5.75 Å². The quantitative estimate of drug-likeness (QED) is 0.332. The number of benzene rings is 1. The van der Waals surface area contributed by atoms with E-state index in [-0.39, 0.29) is 32.7 Å². The third-order valence-electron chi connectivity index (χ3n) is 5.15. The fraction of sp³-hybridized carbons (Fsp3) is 0.0952. The maximum absolute atomic E-state index is 14.1. The first-order chi connectivity index (χ1) is 16.9. The van der Waals surface area contributed by atoms with Crippen molar-refractivity contribution in [3.8, 4) is 16.9 Å². The number of phenols is 1. The van der Waals surface area contributed by atoms with E-state index in [0.717, 1.165) is 4.57 Å². The third kappa shape index (κ3) is 4.22. The summed E-state index contributed by atoms with van der Waals surface area (Å²) in [7, 11) is 1.43. The number of amides is 2. The average molecular weight is 541 g/mol. The highest BCUT2D eigenvalue weighted by Crippen LogP contribution is 2.36. The molecule has 0 atom stereocenters. The molecule has 15 heteroatoms. The Morgan fingerprint density at radius 1 is 1.19 bits per heavy atom. The van der Waals surface area contributed by atoms with E-state index < -0.39 is 58.1 Å². The molecule has 0 spiro atoms. The lowest BCUT2D eigenvalue weighted by molar-refractivity contribution is -0.116. The van der Waals surface area contributed by atoms with Crippen LogP contribution in [0.15, 0.2) is 29.5 Å². The summed E-state index contributed by atoms with van der Waals surface area (Å²) in [6.45, 7) is -0.605. The highest BCUT2D eigenvalue weighted by atomic mass is 35.5. The molecule has 0 saturated carbocycles. The van der Waals surface area contributed by atoms with Crippen LogP contribution >= 0.6 is 23.2 Å². The first kappa shape index (κ1) is 25.0. The molecule has 0 radical (unpaired) electrons. The molecular formula is C21H13Cl2F3N6O4. The number of carbonyl (C=O) groups excluding carboxylic acids is 2.